The van der Waals surface area contributed by atoms with Crippen molar-refractivity contribution in [2.24, 2.45) is 0 Å². The summed E-state index contributed by atoms with van der Waals surface area (Å²) in [5.74, 6) is 0. The number of benzene rings is 1. The van der Waals surface area contributed by atoms with Crippen LogP contribution in [-0.4, -0.2) is 13.1 Å². The molecule has 2 aliphatic rings. The summed E-state index contributed by atoms with van der Waals surface area (Å²) in [6.07, 6.45) is 6.53. The van der Waals surface area contributed by atoms with Crippen LogP contribution in [0.4, 0.5) is 5.69 Å². The molecule has 0 bridgehead atoms. The second kappa shape index (κ2) is 4.48. The summed E-state index contributed by atoms with van der Waals surface area (Å²) in [6, 6.07) is 3.86. The standard InChI is InChI=1S/C19H21NO2/c1-19(2,3)15-11-16(21)22-18-13-7-5-9-20-8-4-6-12(17(13)20)10-14(15)18/h4,6,10-11H,5,7-9H2,1-3H3. The Hall–Kier alpha value is -2.03. The van der Waals surface area contributed by atoms with Gasteiger partial charge in [0.15, 0.2) is 0 Å². The van der Waals surface area contributed by atoms with Crippen LogP contribution in [0.25, 0.3) is 17.0 Å². The minimum atomic E-state index is -0.239. The lowest BCUT2D eigenvalue weighted by Gasteiger charge is -2.35. The average Bonchev–Trinajstić information content (AvgIpc) is 2.47. The highest BCUT2D eigenvalue weighted by Gasteiger charge is 2.27. The van der Waals surface area contributed by atoms with E-state index in [-0.39, 0.29) is 11.0 Å². The zero-order chi connectivity index (χ0) is 15.5. The van der Waals surface area contributed by atoms with Gasteiger partial charge in [0.05, 0.1) is 5.69 Å². The van der Waals surface area contributed by atoms with E-state index < -0.39 is 0 Å². The fourth-order valence-corrected chi connectivity index (χ4v) is 3.78. The largest absolute Gasteiger partial charge is 0.422 e. The minimum absolute atomic E-state index is 0.0815. The summed E-state index contributed by atoms with van der Waals surface area (Å²) < 4.78 is 5.66. The summed E-state index contributed by atoms with van der Waals surface area (Å²) in [5.41, 5.74) is 5.30. The van der Waals surface area contributed by atoms with Crippen molar-refractivity contribution >= 4 is 22.7 Å². The lowest BCUT2D eigenvalue weighted by molar-refractivity contribution is 0.535. The van der Waals surface area contributed by atoms with E-state index in [1.165, 1.54) is 16.8 Å². The third kappa shape index (κ3) is 1.92. The molecule has 4 rings (SSSR count). The third-order valence-electron chi connectivity index (χ3n) is 4.74. The molecular weight excluding hydrogens is 274 g/mol. The highest BCUT2D eigenvalue weighted by molar-refractivity contribution is 5.94. The van der Waals surface area contributed by atoms with Crippen molar-refractivity contribution in [2.45, 2.75) is 39.0 Å². The monoisotopic (exact) mass is 295 g/mol. The summed E-state index contributed by atoms with van der Waals surface area (Å²) in [7, 11) is 0. The van der Waals surface area contributed by atoms with Gasteiger partial charge in [0.1, 0.15) is 5.58 Å². The summed E-state index contributed by atoms with van der Waals surface area (Å²) in [4.78, 5) is 14.5. The lowest BCUT2D eigenvalue weighted by Crippen LogP contribution is -2.32. The fraction of sp³-hybridized carbons (Fsp3) is 0.421. The Morgan fingerprint density at radius 2 is 2.05 bits per heavy atom. The highest BCUT2D eigenvalue weighted by Crippen LogP contribution is 2.41. The van der Waals surface area contributed by atoms with E-state index in [2.05, 4.69) is 43.9 Å². The van der Waals surface area contributed by atoms with Crippen molar-refractivity contribution < 1.29 is 4.42 Å². The fourth-order valence-electron chi connectivity index (χ4n) is 3.78. The number of anilines is 1. The van der Waals surface area contributed by atoms with Gasteiger partial charge in [0, 0.05) is 30.1 Å². The first-order valence-corrected chi connectivity index (χ1v) is 8.01. The first-order chi connectivity index (χ1) is 10.4. The van der Waals surface area contributed by atoms with Crippen molar-refractivity contribution in [1.29, 1.82) is 0 Å². The number of nitrogens with zero attached hydrogens (tertiary/aromatic N) is 1. The molecule has 3 heterocycles. The van der Waals surface area contributed by atoms with Crippen LogP contribution < -0.4 is 10.5 Å². The second-order valence-corrected chi connectivity index (χ2v) is 7.35. The van der Waals surface area contributed by atoms with Crippen LogP contribution in [0.1, 0.15) is 43.9 Å². The molecule has 3 heteroatoms. The molecule has 3 nitrogen and oxygen atoms in total. The average molecular weight is 295 g/mol. The molecule has 1 aromatic carbocycles. The van der Waals surface area contributed by atoms with Crippen molar-refractivity contribution in [3.63, 3.8) is 0 Å². The summed E-state index contributed by atoms with van der Waals surface area (Å²) in [6.45, 7) is 8.48. The van der Waals surface area contributed by atoms with Crippen LogP contribution >= 0.6 is 0 Å². The highest BCUT2D eigenvalue weighted by atomic mass is 16.4. The molecule has 2 aromatic rings. The number of rotatable bonds is 0. The van der Waals surface area contributed by atoms with Crippen LogP contribution in [0.2, 0.25) is 0 Å². The van der Waals surface area contributed by atoms with E-state index in [9.17, 15) is 4.79 Å². The topological polar surface area (TPSA) is 33.5 Å². The zero-order valence-electron chi connectivity index (χ0n) is 13.4. The van der Waals surface area contributed by atoms with Crippen molar-refractivity contribution in [3.8, 4) is 0 Å². The van der Waals surface area contributed by atoms with E-state index in [1.54, 1.807) is 6.07 Å². The third-order valence-corrected chi connectivity index (χ3v) is 4.74. The first kappa shape index (κ1) is 13.6. The molecule has 0 atom stereocenters. The Kier molecular flexibility index (Phi) is 2.77. The van der Waals surface area contributed by atoms with E-state index in [0.29, 0.717) is 0 Å². The summed E-state index contributed by atoms with van der Waals surface area (Å²) >= 11 is 0. The Labute approximate surface area is 130 Å². The molecule has 0 amide bonds. The first-order valence-electron chi connectivity index (χ1n) is 8.01. The molecule has 22 heavy (non-hydrogen) atoms. The minimum Gasteiger partial charge on any atom is -0.422 e. The molecule has 0 spiro atoms. The Morgan fingerprint density at radius 3 is 2.82 bits per heavy atom. The molecule has 0 N–H and O–H groups in total. The smallest absolute Gasteiger partial charge is 0.336 e. The Balaban J connectivity index is 2.16. The van der Waals surface area contributed by atoms with E-state index in [0.717, 1.165) is 42.5 Å². The van der Waals surface area contributed by atoms with Gasteiger partial charge >= 0.3 is 5.63 Å². The van der Waals surface area contributed by atoms with Gasteiger partial charge < -0.3 is 9.32 Å². The van der Waals surface area contributed by atoms with Gasteiger partial charge in [0.2, 0.25) is 0 Å². The second-order valence-electron chi connectivity index (χ2n) is 7.35. The number of hydrogen-bond donors (Lipinski definition) is 0. The number of hydrogen-bond acceptors (Lipinski definition) is 3. The van der Waals surface area contributed by atoms with E-state index in [4.69, 9.17) is 4.42 Å². The van der Waals surface area contributed by atoms with Gasteiger partial charge in [-0.1, -0.05) is 32.9 Å². The quantitative estimate of drug-likeness (QED) is 0.692. The molecule has 0 saturated carbocycles. The maximum Gasteiger partial charge on any atom is 0.336 e. The zero-order valence-corrected chi connectivity index (χ0v) is 13.4. The van der Waals surface area contributed by atoms with Crippen LogP contribution in [0.3, 0.4) is 0 Å². The normalized spacial score (nSPS) is 17.0. The Bertz CT molecular complexity index is 852. The van der Waals surface area contributed by atoms with E-state index in [1.807, 2.05) is 0 Å². The van der Waals surface area contributed by atoms with Crippen LogP contribution in [-0.2, 0) is 11.8 Å². The van der Waals surface area contributed by atoms with Gasteiger partial charge in [-0.3, -0.25) is 0 Å². The molecule has 0 saturated heterocycles. The van der Waals surface area contributed by atoms with Crippen LogP contribution in [0, 0.1) is 0 Å². The molecule has 0 radical (unpaired) electrons. The van der Waals surface area contributed by atoms with Gasteiger partial charge in [-0.15, -0.1) is 0 Å². The van der Waals surface area contributed by atoms with Crippen molar-refractivity contribution in [2.75, 3.05) is 18.0 Å². The van der Waals surface area contributed by atoms with Crippen molar-refractivity contribution in [1.82, 2.24) is 0 Å². The molecule has 1 aromatic heterocycles. The Morgan fingerprint density at radius 1 is 1.23 bits per heavy atom. The molecule has 0 unspecified atom stereocenters. The molecule has 0 aliphatic carbocycles. The SMILES string of the molecule is CC(C)(C)c1cc(=O)oc2c3c4c(cc12)C=CCN4CCC3. The lowest BCUT2D eigenvalue weighted by atomic mass is 9.83. The predicted molar refractivity (Wildman–Crippen MR) is 90.8 cm³/mol. The maximum absolute atomic E-state index is 12.1. The van der Waals surface area contributed by atoms with Gasteiger partial charge in [0.25, 0.3) is 0 Å². The predicted octanol–water partition coefficient (Wildman–Crippen LogP) is 3.87. The van der Waals surface area contributed by atoms with Crippen LogP contribution in [0.15, 0.2) is 27.4 Å². The van der Waals surface area contributed by atoms with Crippen molar-refractivity contribution in [3.05, 3.63) is 45.3 Å². The molecule has 2 aliphatic heterocycles. The van der Waals surface area contributed by atoms with Gasteiger partial charge in [-0.05, 0) is 35.4 Å². The number of aryl methyl sites for hydroxylation is 1. The van der Waals surface area contributed by atoms with Crippen LogP contribution in [0.5, 0.6) is 0 Å². The van der Waals surface area contributed by atoms with Gasteiger partial charge in [-0.25, -0.2) is 4.79 Å². The molecular formula is C19H21NO2. The maximum atomic E-state index is 12.1. The molecule has 0 fully saturated rings. The number of fused-ring (bicyclic) bond motifs is 2. The molecule has 114 valence electrons. The van der Waals surface area contributed by atoms with Gasteiger partial charge in [-0.2, -0.15) is 0 Å². The summed E-state index contributed by atoms with van der Waals surface area (Å²) in [5, 5.41) is 1.09. The van der Waals surface area contributed by atoms with E-state index >= 15 is 0 Å².